The van der Waals surface area contributed by atoms with Gasteiger partial charge in [-0.15, -0.1) is 0 Å². The number of nitrogens with zero attached hydrogens (tertiary/aromatic N) is 1. The topological polar surface area (TPSA) is 69.1 Å². The van der Waals surface area contributed by atoms with E-state index < -0.39 is 0 Å². The second-order valence-corrected chi connectivity index (χ2v) is 3.50. The van der Waals surface area contributed by atoms with Crippen molar-refractivity contribution in [1.82, 2.24) is 5.16 Å². The van der Waals surface area contributed by atoms with Crippen LogP contribution in [0.2, 0.25) is 0 Å². The minimum atomic E-state index is 0.121. The molecule has 0 saturated heterocycles. The average Bonchev–Trinajstić information content (AvgIpc) is 2.48. The van der Waals surface area contributed by atoms with Crippen LogP contribution < -0.4 is 5.73 Å². The highest BCUT2D eigenvalue weighted by Gasteiger charge is 2.29. The number of ketones is 1. The summed E-state index contributed by atoms with van der Waals surface area (Å²) in [7, 11) is 0. The van der Waals surface area contributed by atoms with Gasteiger partial charge in [-0.2, -0.15) is 0 Å². The van der Waals surface area contributed by atoms with Crippen molar-refractivity contribution in [3.63, 3.8) is 0 Å². The largest absolute Gasteiger partial charge is 0.360 e. The normalized spacial score (nSPS) is 21.7. The second-order valence-electron chi connectivity index (χ2n) is 3.50. The minimum Gasteiger partial charge on any atom is -0.360 e. The van der Waals surface area contributed by atoms with Crippen LogP contribution in [0.4, 0.5) is 0 Å². The number of fused-ring (bicyclic) bond motifs is 1. The number of aromatic nitrogens is 1. The van der Waals surface area contributed by atoms with E-state index in [0.717, 1.165) is 6.42 Å². The SMILES string of the molecule is Cc1noc2c1C(=O)CC(CN)C2. The number of rotatable bonds is 1. The predicted molar refractivity (Wildman–Crippen MR) is 46.4 cm³/mol. The van der Waals surface area contributed by atoms with Crippen LogP contribution in [-0.4, -0.2) is 17.5 Å². The van der Waals surface area contributed by atoms with Gasteiger partial charge in [-0.3, -0.25) is 4.79 Å². The van der Waals surface area contributed by atoms with Crippen molar-refractivity contribution in [3.05, 3.63) is 17.0 Å². The number of hydrogen-bond acceptors (Lipinski definition) is 4. The number of carbonyl (C=O) groups excluding carboxylic acids is 1. The zero-order chi connectivity index (χ0) is 9.42. The number of aryl methyl sites for hydroxylation is 1. The summed E-state index contributed by atoms with van der Waals surface area (Å²) in [5.41, 5.74) is 6.90. The smallest absolute Gasteiger partial charge is 0.168 e. The Morgan fingerprint density at radius 1 is 1.62 bits per heavy atom. The molecule has 1 aliphatic rings. The standard InChI is InChI=1S/C9H12N2O2/c1-5-9-7(12)2-6(4-10)3-8(9)13-11-5/h6H,2-4,10H2,1H3. The summed E-state index contributed by atoms with van der Waals surface area (Å²) in [5.74, 6) is 1.06. The molecule has 2 rings (SSSR count). The van der Waals surface area contributed by atoms with Gasteiger partial charge in [0.15, 0.2) is 5.78 Å². The maximum Gasteiger partial charge on any atom is 0.168 e. The van der Waals surface area contributed by atoms with Crippen LogP contribution in [0, 0.1) is 12.8 Å². The van der Waals surface area contributed by atoms with Crippen molar-refractivity contribution < 1.29 is 9.32 Å². The van der Waals surface area contributed by atoms with E-state index >= 15 is 0 Å². The third-order valence-corrected chi connectivity index (χ3v) is 2.49. The summed E-state index contributed by atoms with van der Waals surface area (Å²) < 4.78 is 5.06. The van der Waals surface area contributed by atoms with Crippen LogP contribution in [-0.2, 0) is 6.42 Å². The molecule has 0 aromatic carbocycles. The lowest BCUT2D eigenvalue weighted by atomic mass is 9.86. The Kier molecular flexibility index (Phi) is 1.92. The molecule has 0 aliphatic heterocycles. The number of Topliss-reactive ketones (excluding diaryl/α,β-unsaturated/α-hetero) is 1. The van der Waals surface area contributed by atoms with Crippen molar-refractivity contribution in [2.75, 3.05) is 6.54 Å². The summed E-state index contributed by atoms with van der Waals surface area (Å²) in [6, 6.07) is 0. The molecule has 13 heavy (non-hydrogen) atoms. The average molecular weight is 180 g/mol. The molecular weight excluding hydrogens is 168 g/mol. The van der Waals surface area contributed by atoms with Crippen LogP contribution in [0.5, 0.6) is 0 Å². The van der Waals surface area contributed by atoms with Crippen molar-refractivity contribution >= 4 is 5.78 Å². The molecule has 0 spiro atoms. The monoisotopic (exact) mass is 180 g/mol. The summed E-state index contributed by atoms with van der Waals surface area (Å²) in [6.45, 7) is 2.33. The fraction of sp³-hybridized carbons (Fsp3) is 0.556. The Bertz CT molecular complexity index is 343. The van der Waals surface area contributed by atoms with Crippen LogP contribution in [0.3, 0.4) is 0 Å². The van der Waals surface area contributed by atoms with E-state index in [1.165, 1.54) is 0 Å². The van der Waals surface area contributed by atoms with Gasteiger partial charge in [-0.1, -0.05) is 5.16 Å². The first-order chi connectivity index (χ1) is 6.22. The second kappa shape index (κ2) is 2.96. The van der Waals surface area contributed by atoms with Gasteiger partial charge < -0.3 is 10.3 Å². The lowest BCUT2D eigenvalue weighted by Gasteiger charge is -2.17. The number of hydrogen-bond donors (Lipinski definition) is 1. The van der Waals surface area contributed by atoms with Gasteiger partial charge in [0.05, 0.1) is 11.3 Å². The third-order valence-electron chi connectivity index (χ3n) is 2.49. The lowest BCUT2D eigenvalue weighted by molar-refractivity contribution is 0.0944. The highest BCUT2D eigenvalue weighted by molar-refractivity contribution is 5.99. The Morgan fingerprint density at radius 3 is 3.08 bits per heavy atom. The van der Waals surface area contributed by atoms with Gasteiger partial charge in [0.2, 0.25) is 0 Å². The molecule has 0 fully saturated rings. The Labute approximate surface area is 76.1 Å². The highest BCUT2D eigenvalue weighted by atomic mass is 16.5. The molecule has 0 amide bonds. The Hall–Kier alpha value is -1.16. The van der Waals surface area contributed by atoms with E-state index in [1.54, 1.807) is 6.92 Å². The quantitative estimate of drug-likeness (QED) is 0.690. The molecule has 1 heterocycles. The van der Waals surface area contributed by atoms with Crippen LogP contribution in [0.15, 0.2) is 4.52 Å². The highest BCUT2D eigenvalue weighted by Crippen LogP contribution is 2.26. The first-order valence-corrected chi connectivity index (χ1v) is 4.40. The van der Waals surface area contributed by atoms with Crippen molar-refractivity contribution in [1.29, 1.82) is 0 Å². The van der Waals surface area contributed by atoms with Gasteiger partial charge in [-0.05, 0) is 19.4 Å². The van der Waals surface area contributed by atoms with Gasteiger partial charge in [0.25, 0.3) is 0 Å². The van der Waals surface area contributed by atoms with Crippen LogP contribution in [0.1, 0.15) is 28.2 Å². The summed E-state index contributed by atoms with van der Waals surface area (Å²) in [6.07, 6.45) is 1.28. The molecule has 1 aromatic rings. The molecule has 2 N–H and O–H groups in total. The van der Waals surface area contributed by atoms with Gasteiger partial charge in [-0.25, -0.2) is 0 Å². The van der Waals surface area contributed by atoms with Crippen molar-refractivity contribution in [3.8, 4) is 0 Å². The summed E-state index contributed by atoms with van der Waals surface area (Å²) >= 11 is 0. The Morgan fingerprint density at radius 2 is 2.38 bits per heavy atom. The summed E-state index contributed by atoms with van der Waals surface area (Å²) in [4.78, 5) is 11.6. The third kappa shape index (κ3) is 1.27. The molecule has 1 aliphatic carbocycles. The van der Waals surface area contributed by atoms with E-state index in [1.807, 2.05) is 0 Å². The predicted octanol–water partition coefficient (Wildman–Crippen LogP) is 0.687. The molecule has 4 nitrogen and oxygen atoms in total. The van der Waals surface area contributed by atoms with Gasteiger partial charge >= 0.3 is 0 Å². The number of nitrogens with two attached hydrogens (primary N) is 1. The molecule has 0 bridgehead atoms. The Balaban J connectivity index is 2.39. The zero-order valence-corrected chi connectivity index (χ0v) is 7.54. The van der Waals surface area contributed by atoms with E-state index in [0.29, 0.717) is 30.0 Å². The molecular formula is C9H12N2O2. The molecule has 70 valence electrons. The van der Waals surface area contributed by atoms with E-state index in [9.17, 15) is 4.79 Å². The first kappa shape index (κ1) is 8.44. The summed E-state index contributed by atoms with van der Waals surface area (Å²) in [5, 5.41) is 3.78. The molecule has 4 heteroatoms. The van der Waals surface area contributed by atoms with Crippen molar-refractivity contribution in [2.45, 2.75) is 19.8 Å². The molecule has 0 radical (unpaired) electrons. The fourth-order valence-corrected chi connectivity index (χ4v) is 1.78. The zero-order valence-electron chi connectivity index (χ0n) is 7.54. The van der Waals surface area contributed by atoms with Gasteiger partial charge in [0.1, 0.15) is 5.76 Å². The maximum absolute atomic E-state index is 11.6. The van der Waals surface area contributed by atoms with E-state index in [2.05, 4.69) is 5.16 Å². The first-order valence-electron chi connectivity index (χ1n) is 4.40. The number of carbonyl (C=O) groups is 1. The molecule has 1 unspecified atom stereocenters. The lowest BCUT2D eigenvalue weighted by Crippen LogP contribution is -2.25. The van der Waals surface area contributed by atoms with E-state index in [4.69, 9.17) is 10.3 Å². The fourth-order valence-electron chi connectivity index (χ4n) is 1.78. The van der Waals surface area contributed by atoms with Crippen LogP contribution >= 0.6 is 0 Å². The van der Waals surface area contributed by atoms with Gasteiger partial charge in [0, 0.05) is 12.8 Å². The molecule has 1 atom stereocenters. The van der Waals surface area contributed by atoms with Crippen LogP contribution in [0.25, 0.3) is 0 Å². The molecule has 1 aromatic heterocycles. The maximum atomic E-state index is 11.6. The van der Waals surface area contributed by atoms with E-state index in [-0.39, 0.29) is 11.7 Å². The van der Waals surface area contributed by atoms with Crippen molar-refractivity contribution in [2.24, 2.45) is 11.7 Å². The molecule has 0 saturated carbocycles. The minimum absolute atomic E-state index is 0.121.